The summed E-state index contributed by atoms with van der Waals surface area (Å²) in [4.78, 5) is 12.2. The molecule has 0 aromatic heterocycles. The molecule has 3 N–H and O–H groups in total. The summed E-state index contributed by atoms with van der Waals surface area (Å²) < 4.78 is 27.0. The number of carbonyl (C=O) groups excluding carboxylic acids is 1. The lowest BCUT2D eigenvalue weighted by Crippen LogP contribution is -2.39. The Morgan fingerprint density at radius 1 is 1.09 bits per heavy atom. The molecule has 0 radical (unpaired) electrons. The first-order chi connectivity index (χ1) is 11.0. The third kappa shape index (κ3) is 3.74. The summed E-state index contributed by atoms with van der Waals surface area (Å²) in [6.07, 6.45) is 0.553. The van der Waals surface area contributed by atoms with Gasteiger partial charge in [-0.2, -0.15) is 0 Å². The van der Waals surface area contributed by atoms with Gasteiger partial charge in [-0.25, -0.2) is 19.6 Å². The summed E-state index contributed by atoms with van der Waals surface area (Å²) in [5.74, 6) is -2.24. The molecule has 0 aliphatic carbocycles. The molecule has 120 valence electrons. The van der Waals surface area contributed by atoms with Gasteiger partial charge in [0.05, 0.1) is 0 Å². The van der Waals surface area contributed by atoms with Crippen LogP contribution in [0.15, 0.2) is 46.9 Å². The van der Waals surface area contributed by atoms with E-state index in [1.807, 2.05) is 24.3 Å². The maximum Gasteiger partial charge on any atom is 0.242 e. The van der Waals surface area contributed by atoms with Crippen molar-refractivity contribution in [2.24, 2.45) is 0 Å². The van der Waals surface area contributed by atoms with Crippen LogP contribution in [0, 0.1) is 11.6 Å². The molecule has 1 aliphatic rings. The Balaban J connectivity index is 1.63. The molecule has 0 bridgehead atoms. The fourth-order valence-corrected chi connectivity index (χ4v) is 2.71. The van der Waals surface area contributed by atoms with Crippen LogP contribution in [-0.4, -0.2) is 11.9 Å². The number of halogens is 3. The van der Waals surface area contributed by atoms with Crippen molar-refractivity contribution in [3.63, 3.8) is 0 Å². The average Bonchev–Trinajstić information content (AvgIpc) is 3.02. The van der Waals surface area contributed by atoms with Crippen LogP contribution in [0.25, 0.3) is 0 Å². The number of hydrogen-bond acceptors (Lipinski definition) is 3. The maximum absolute atomic E-state index is 13.2. The van der Waals surface area contributed by atoms with Crippen molar-refractivity contribution in [2.75, 3.05) is 5.32 Å². The van der Waals surface area contributed by atoms with Gasteiger partial charge >= 0.3 is 0 Å². The van der Waals surface area contributed by atoms with Crippen LogP contribution in [0.4, 0.5) is 14.5 Å². The second-order valence-corrected chi connectivity index (χ2v) is 6.21. The van der Waals surface area contributed by atoms with Crippen molar-refractivity contribution in [2.45, 2.75) is 18.5 Å². The highest BCUT2D eigenvalue weighted by atomic mass is 79.9. The Morgan fingerprint density at radius 3 is 2.52 bits per heavy atom. The van der Waals surface area contributed by atoms with Crippen LogP contribution < -0.4 is 16.2 Å². The molecule has 0 spiro atoms. The molecule has 1 aliphatic heterocycles. The normalized spacial score (nSPS) is 20.5. The zero-order chi connectivity index (χ0) is 16.4. The van der Waals surface area contributed by atoms with Crippen molar-refractivity contribution >= 4 is 27.5 Å². The summed E-state index contributed by atoms with van der Waals surface area (Å²) in [7, 11) is 0. The van der Waals surface area contributed by atoms with E-state index in [0.29, 0.717) is 6.42 Å². The molecule has 2 unspecified atom stereocenters. The third-order valence-corrected chi connectivity index (χ3v) is 4.21. The van der Waals surface area contributed by atoms with Crippen LogP contribution in [0.5, 0.6) is 0 Å². The van der Waals surface area contributed by atoms with E-state index in [0.717, 1.165) is 22.2 Å². The highest BCUT2D eigenvalue weighted by Gasteiger charge is 2.30. The Morgan fingerprint density at radius 2 is 1.83 bits per heavy atom. The number of anilines is 1. The Labute approximate surface area is 140 Å². The fraction of sp³-hybridized carbons (Fsp3) is 0.188. The lowest BCUT2D eigenvalue weighted by Gasteiger charge is -2.11. The SMILES string of the molecule is O=C(Nc1ccc(F)c(F)c1)C1CC(c2ccc(Br)cc2)NN1. The number of hydrazine groups is 1. The molecule has 2 atom stereocenters. The standard InChI is InChI=1S/C16H14BrF2N3O/c17-10-3-1-9(2-4-10)14-8-15(22-21-14)16(23)20-11-5-6-12(18)13(19)7-11/h1-7,14-15,21-22H,8H2,(H,20,23). The minimum atomic E-state index is -0.993. The van der Waals surface area contributed by atoms with Gasteiger partial charge in [0.15, 0.2) is 11.6 Å². The second kappa shape index (κ2) is 6.74. The molecular weight excluding hydrogens is 368 g/mol. The van der Waals surface area contributed by atoms with Crippen molar-refractivity contribution in [3.8, 4) is 0 Å². The van der Waals surface area contributed by atoms with Gasteiger partial charge in [0.25, 0.3) is 0 Å². The summed E-state index contributed by atoms with van der Waals surface area (Å²) >= 11 is 3.38. The van der Waals surface area contributed by atoms with Gasteiger partial charge in [-0.1, -0.05) is 28.1 Å². The van der Waals surface area contributed by atoms with E-state index in [1.165, 1.54) is 6.07 Å². The topological polar surface area (TPSA) is 53.2 Å². The number of hydrogen-bond donors (Lipinski definition) is 3. The Hall–Kier alpha value is -1.83. The lowest BCUT2D eigenvalue weighted by molar-refractivity contribution is -0.117. The summed E-state index contributed by atoms with van der Waals surface area (Å²) in [6, 6.07) is 10.6. The Kier molecular flexibility index (Phi) is 4.70. The van der Waals surface area contributed by atoms with Crippen LogP contribution in [0.3, 0.4) is 0 Å². The van der Waals surface area contributed by atoms with Crippen LogP contribution in [0.2, 0.25) is 0 Å². The van der Waals surface area contributed by atoms with Gasteiger partial charge in [-0.15, -0.1) is 0 Å². The van der Waals surface area contributed by atoms with Gasteiger partial charge in [-0.3, -0.25) is 4.79 Å². The van der Waals surface area contributed by atoms with Crippen molar-refractivity contribution in [1.29, 1.82) is 0 Å². The monoisotopic (exact) mass is 381 g/mol. The number of nitrogens with one attached hydrogen (secondary N) is 3. The smallest absolute Gasteiger partial charge is 0.242 e. The molecule has 2 aromatic rings. The predicted octanol–water partition coefficient (Wildman–Crippen LogP) is 3.27. The van der Waals surface area contributed by atoms with Crippen LogP contribution >= 0.6 is 15.9 Å². The number of carbonyl (C=O) groups is 1. The van der Waals surface area contributed by atoms with Crippen molar-refractivity contribution < 1.29 is 13.6 Å². The molecule has 23 heavy (non-hydrogen) atoms. The average molecular weight is 382 g/mol. The highest BCUT2D eigenvalue weighted by Crippen LogP contribution is 2.24. The van der Waals surface area contributed by atoms with E-state index in [-0.39, 0.29) is 17.6 Å². The minimum Gasteiger partial charge on any atom is -0.325 e. The number of amides is 1. The highest BCUT2D eigenvalue weighted by molar-refractivity contribution is 9.10. The maximum atomic E-state index is 13.2. The molecule has 1 heterocycles. The van der Waals surface area contributed by atoms with E-state index in [2.05, 4.69) is 32.1 Å². The van der Waals surface area contributed by atoms with Gasteiger partial charge in [0.2, 0.25) is 5.91 Å². The molecule has 1 amide bonds. The van der Waals surface area contributed by atoms with E-state index in [9.17, 15) is 13.6 Å². The van der Waals surface area contributed by atoms with E-state index >= 15 is 0 Å². The van der Waals surface area contributed by atoms with E-state index < -0.39 is 17.7 Å². The zero-order valence-corrected chi connectivity index (χ0v) is 13.5. The molecular formula is C16H14BrF2N3O. The summed E-state index contributed by atoms with van der Waals surface area (Å²) in [5, 5.41) is 2.58. The van der Waals surface area contributed by atoms with Crippen LogP contribution in [0.1, 0.15) is 18.0 Å². The predicted molar refractivity (Wildman–Crippen MR) is 86.5 cm³/mol. The largest absolute Gasteiger partial charge is 0.325 e. The first kappa shape index (κ1) is 16.0. The lowest BCUT2D eigenvalue weighted by atomic mass is 10.0. The summed E-state index contributed by atoms with van der Waals surface area (Å²) in [6.45, 7) is 0. The van der Waals surface area contributed by atoms with Gasteiger partial charge in [-0.05, 0) is 36.2 Å². The zero-order valence-electron chi connectivity index (χ0n) is 11.9. The van der Waals surface area contributed by atoms with Gasteiger partial charge in [0, 0.05) is 22.3 Å². The molecule has 7 heteroatoms. The molecule has 3 rings (SSSR count). The number of benzene rings is 2. The van der Waals surface area contributed by atoms with Crippen LogP contribution in [-0.2, 0) is 4.79 Å². The number of rotatable bonds is 3. The molecule has 1 saturated heterocycles. The fourth-order valence-electron chi connectivity index (χ4n) is 2.45. The molecule has 1 fully saturated rings. The minimum absolute atomic E-state index is 0.00352. The van der Waals surface area contributed by atoms with Crippen molar-refractivity contribution in [3.05, 3.63) is 64.1 Å². The molecule has 0 saturated carbocycles. The molecule has 4 nitrogen and oxygen atoms in total. The third-order valence-electron chi connectivity index (χ3n) is 3.68. The van der Waals surface area contributed by atoms with Gasteiger partial charge in [0.1, 0.15) is 6.04 Å². The second-order valence-electron chi connectivity index (χ2n) is 5.30. The first-order valence-corrected chi connectivity index (χ1v) is 7.84. The summed E-state index contributed by atoms with van der Waals surface area (Å²) in [5.41, 5.74) is 7.28. The van der Waals surface area contributed by atoms with Gasteiger partial charge < -0.3 is 5.32 Å². The first-order valence-electron chi connectivity index (χ1n) is 7.05. The van der Waals surface area contributed by atoms with Crippen molar-refractivity contribution in [1.82, 2.24) is 10.9 Å². The Bertz CT molecular complexity index is 724. The van der Waals surface area contributed by atoms with E-state index in [4.69, 9.17) is 0 Å². The van der Waals surface area contributed by atoms with E-state index in [1.54, 1.807) is 0 Å². The quantitative estimate of drug-likeness (QED) is 0.764. The molecule has 2 aromatic carbocycles.